The first-order chi connectivity index (χ1) is 10.0. The number of nitrogens with one attached hydrogen (secondary N) is 2. The van der Waals surface area contributed by atoms with Crippen LogP contribution in [-0.2, 0) is 21.3 Å². The Morgan fingerprint density at radius 3 is 2.81 bits per heavy atom. The predicted octanol–water partition coefficient (Wildman–Crippen LogP) is 1.39. The summed E-state index contributed by atoms with van der Waals surface area (Å²) in [5, 5.41) is 3.18. The van der Waals surface area contributed by atoms with Crippen LogP contribution >= 0.6 is 0 Å². The highest BCUT2D eigenvalue weighted by molar-refractivity contribution is 7.89. The number of rotatable bonds is 9. The fraction of sp³-hybridized carbons (Fsp3) is 0.571. The Balaban J connectivity index is 2.01. The van der Waals surface area contributed by atoms with Gasteiger partial charge in [-0.2, -0.15) is 0 Å². The van der Waals surface area contributed by atoms with Gasteiger partial charge in [-0.25, -0.2) is 17.5 Å². The largest absolute Gasteiger partial charge is 0.385 e. The summed E-state index contributed by atoms with van der Waals surface area (Å²) in [5.74, 6) is -0.388. The number of ether oxygens (including phenoxy) is 1. The normalized spacial score (nSPS) is 15.3. The molecule has 0 aliphatic heterocycles. The van der Waals surface area contributed by atoms with Gasteiger partial charge in [-0.1, -0.05) is 0 Å². The van der Waals surface area contributed by atoms with Crippen molar-refractivity contribution in [3.05, 3.63) is 29.6 Å². The molecule has 0 atom stereocenters. The molecule has 1 fully saturated rings. The molecule has 0 radical (unpaired) electrons. The quantitative estimate of drug-likeness (QED) is 0.676. The van der Waals surface area contributed by atoms with Crippen molar-refractivity contribution in [2.24, 2.45) is 0 Å². The molecule has 1 aliphatic rings. The van der Waals surface area contributed by atoms with Gasteiger partial charge < -0.3 is 10.1 Å². The molecule has 0 heterocycles. The Kier molecular flexibility index (Phi) is 5.69. The Bertz CT molecular complexity index is 574. The van der Waals surface area contributed by atoms with Crippen LogP contribution in [0.5, 0.6) is 0 Å². The van der Waals surface area contributed by atoms with Crippen molar-refractivity contribution in [3.63, 3.8) is 0 Å². The first-order valence-electron chi connectivity index (χ1n) is 7.03. The lowest BCUT2D eigenvalue weighted by Gasteiger charge is -2.10. The maximum Gasteiger partial charge on any atom is 0.240 e. The van der Waals surface area contributed by atoms with Crippen molar-refractivity contribution in [2.45, 2.75) is 36.7 Å². The second kappa shape index (κ2) is 7.31. The highest BCUT2D eigenvalue weighted by Crippen LogP contribution is 2.21. The van der Waals surface area contributed by atoms with Gasteiger partial charge in [0.2, 0.25) is 10.0 Å². The Morgan fingerprint density at radius 2 is 2.14 bits per heavy atom. The van der Waals surface area contributed by atoms with Gasteiger partial charge >= 0.3 is 0 Å². The van der Waals surface area contributed by atoms with Gasteiger partial charge in [-0.05, 0) is 37.5 Å². The molecule has 0 amide bonds. The highest BCUT2D eigenvalue weighted by Gasteiger charge is 2.21. The molecule has 1 aromatic carbocycles. The van der Waals surface area contributed by atoms with Crippen molar-refractivity contribution in [1.29, 1.82) is 0 Å². The average molecular weight is 316 g/mol. The lowest BCUT2D eigenvalue weighted by atomic mass is 10.2. The van der Waals surface area contributed by atoms with Gasteiger partial charge in [-0.3, -0.25) is 0 Å². The second-order valence-electron chi connectivity index (χ2n) is 5.15. The van der Waals surface area contributed by atoms with Gasteiger partial charge in [0.1, 0.15) is 5.82 Å². The first kappa shape index (κ1) is 16.4. The summed E-state index contributed by atoms with van der Waals surface area (Å²) in [5.41, 5.74) is 0.377. The van der Waals surface area contributed by atoms with E-state index in [1.54, 1.807) is 7.11 Å². The van der Waals surface area contributed by atoms with E-state index in [4.69, 9.17) is 4.74 Å². The molecule has 2 rings (SSSR count). The van der Waals surface area contributed by atoms with Crippen LogP contribution in [0.3, 0.4) is 0 Å². The summed E-state index contributed by atoms with van der Waals surface area (Å²) in [7, 11) is -2.04. The number of hydrogen-bond acceptors (Lipinski definition) is 4. The van der Waals surface area contributed by atoms with Crippen LogP contribution in [0.4, 0.5) is 4.39 Å². The zero-order valence-corrected chi connectivity index (χ0v) is 12.9. The molecule has 1 aromatic rings. The molecular formula is C14H21FN2O3S. The Labute approximate surface area is 124 Å². The molecule has 0 bridgehead atoms. The van der Waals surface area contributed by atoms with Crippen LogP contribution in [0, 0.1) is 5.82 Å². The molecular weight excluding hydrogens is 295 g/mol. The van der Waals surface area contributed by atoms with E-state index >= 15 is 0 Å². The molecule has 1 aliphatic carbocycles. The fourth-order valence-corrected chi connectivity index (χ4v) is 3.03. The summed E-state index contributed by atoms with van der Waals surface area (Å²) < 4.78 is 45.3. The van der Waals surface area contributed by atoms with E-state index in [9.17, 15) is 12.8 Å². The van der Waals surface area contributed by atoms with E-state index in [2.05, 4.69) is 10.0 Å². The van der Waals surface area contributed by atoms with E-state index in [1.165, 1.54) is 18.2 Å². The van der Waals surface area contributed by atoms with E-state index in [0.29, 0.717) is 37.7 Å². The summed E-state index contributed by atoms with van der Waals surface area (Å²) in [6.07, 6.45) is 2.79. The standard InChI is InChI=1S/C14H21FN2O3S/c1-20-8-2-7-17-21(18,19)13-5-6-14(15)11(9-13)10-16-12-3-4-12/h5-6,9,12,16-17H,2-4,7-8,10H2,1H3. The third kappa shape index (κ3) is 5.03. The predicted molar refractivity (Wildman–Crippen MR) is 77.9 cm³/mol. The maximum atomic E-state index is 13.7. The molecule has 21 heavy (non-hydrogen) atoms. The van der Waals surface area contributed by atoms with Crippen molar-refractivity contribution in [1.82, 2.24) is 10.0 Å². The van der Waals surface area contributed by atoms with Crippen LogP contribution < -0.4 is 10.0 Å². The molecule has 0 aromatic heterocycles. The second-order valence-corrected chi connectivity index (χ2v) is 6.92. The number of hydrogen-bond donors (Lipinski definition) is 2. The number of sulfonamides is 1. The summed E-state index contributed by atoms with van der Waals surface area (Å²) >= 11 is 0. The summed E-state index contributed by atoms with van der Waals surface area (Å²) in [4.78, 5) is 0.0916. The minimum Gasteiger partial charge on any atom is -0.385 e. The SMILES string of the molecule is COCCCNS(=O)(=O)c1ccc(F)c(CNC2CC2)c1. The minimum absolute atomic E-state index is 0.0916. The smallest absolute Gasteiger partial charge is 0.240 e. The van der Waals surface area contributed by atoms with Gasteiger partial charge in [-0.15, -0.1) is 0 Å². The van der Waals surface area contributed by atoms with Crippen molar-refractivity contribution in [2.75, 3.05) is 20.3 Å². The molecule has 0 saturated heterocycles. The average Bonchev–Trinajstić information content (AvgIpc) is 3.27. The van der Waals surface area contributed by atoms with Gasteiger partial charge in [0, 0.05) is 38.4 Å². The first-order valence-corrected chi connectivity index (χ1v) is 8.51. The lowest BCUT2D eigenvalue weighted by Crippen LogP contribution is -2.26. The zero-order valence-electron chi connectivity index (χ0n) is 12.1. The third-order valence-electron chi connectivity index (χ3n) is 3.30. The van der Waals surface area contributed by atoms with Crippen LogP contribution in [0.15, 0.2) is 23.1 Å². The van der Waals surface area contributed by atoms with E-state index in [-0.39, 0.29) is 10.7 Å². The van der Waals surface area contributed by atoms with Gasteiger partial charge in [0.25, 0.3) is 0 Å². The van der Waals surface area contributed by atoms with E-state index < -0.39 is 10.0 Å². The van der Waals surface area contributed by atoms with Gasteiger partial charge in [0.15, 0.2) is 0 Å². The van der Waals surface area contributed by atoms with Crippen LogP contribution in [-0.4, -0.2) is 34.7 Å². The van der Waals surface area contributed by atoms with Crippen LogP contribution in [0.1, 0.15) is 24.8 Å². The molecule has 1 saturated carbocycles. The van der Waals surface area contributed by atoms with Crippen molar-refractivity contribution in [3.8, 4) is 0 Å². The molecule has 0 spiro atoms. The third-order valence-corrected chi connectivity index (χ3v) is 4.76. The van der Waals surface area contributed by atoms with E-state index in [1.807, 2.05) is 0 Å². The highest BCUT2D eigenvalue weighted by atomic mass is 32.2. The Hall–Kier alpha value is -1.02. The summed E-state index contributed by atoms with van der Waals surface area (Å²) in [6.45, 7) is 1.13. The van der Waals surface area contributed by atoms with E-state index in [0.717, 1.165) is 12.8 Å². The monoisotopic (exact) mass is 316 g/mol. The lowest BCUT2D eigenvalue weighted by molar-refractivity contribution is 0.196. The number of benzene rings is 1. The van der Waals surface area contributed by atoms with Crippen molar-refractivity contribution < 1.29 is 17.5 Å². The number of halogens is 1. The van der Waals surface area contributed by atoms with Crippen molar-refractivity contribution >= 4 is 10.0 Å². The maximum absolute atomic E-state index is 13.7. The van der Waals surface area contributed by atoms with Crippen LogP contribution in [0.25, 0.3) is 0 Å². The number of methoxy groups -OCH3 is 1. The zero-order chi connectivity index (χ0) is 15.3. The Morgan fingerprint density at radius 1 is 1.38 bits per heavy atom. The fourth-order valence-electron chi connectivity index (χ4n) is 1.90. The van der Waals surface area contributed by atoms with Gasteiger partial charge in [0.05, 0.1) is 4.90 Å². The molecule has 0 unspecified atom stereocenters. The molecule has 7 heteroatoms. The summed E-state index contributed by atoms with van der Waals surface area (Å²) in [6, 6.07) is 4.32. The van der Waals surface area contributed by atoms with Crippen LogP contribution in [0.2, 0.25) is 0 Å². The topological polar surface area (TPSA) is 67.4 Å². The molecule has 2 N–H and O–H groups in total. The minimum atomic E-state index is -3.60. The molecule has 5 nitrogen and oxygen atoms in total. The molecule has 118 valence electrons.